The average molecular weight is 763 g/mol. The number of para-hydroxylation sites is 3. The third-order valence-electron chi connectivity index (χ3n) is 10.1. The summed E-state index contributed by atoms with van der Waals surface area (Å²) >= 11 is 0. The van der Waals surface area contributed by atoms with Crippen LogP contribution in [0.4, 0.5) is 0 Å². The molecule has 0 saturated heterocycles. The molecule has 0 aliphatic heterocycles. The van der Waals surface area contributed by atoms with Crippen LogP contribution in [-0.4, -0.2) is 24.1 Å². The van der Waals surface area contributed by atoms with Gasteiger partial charge in [0, 0.05) is 47.2 Å². The molecule has 58 heavy (non-hydrogen) atoms. The van der Waals surface area contributed by atoms with E-state index in [9.17, 15) is 0 Å². The molecule has 7 nitrogen and oxygen atoms in total. The Morgan fingerprint density at radius 2 is 1.31 bits per heavy atom. The Morgan fingerprint density at radius 1 is 0.638 bits per heavy atom. The van der Waals surface area contributed by atoms with Crippen LogP contribution in [0, 0.1) is 13.3 Å². The van der Waals surface area contributed by atoms with E-state index < -0.39 is 60.4 Å². The van der Waals surface area contributed by atoms with Crippen molar-refractivity contribution in [2.75, 3.05) is 0 Å². The van der Waals surface area contributed by atoms with Crippen LogP contribution >= 0.6 is 0 Å². The Morgan fingerprint density at radius 3 is 2.05 bits per heavy atom. The molecule has 0 aliphatic carbocycles. The monoisotopic (exact) mass is 762 g/mol. The number of pyridine rings is 3. The molecule has 0 saturated carbocycles. The standard InChI is InChI=1S/C51H40N6O/c1-34-28-46-43(32-54-34)42-23-22-38(30-47(42)57(46)49-29-37(24-26-53-49)51(2,3)4)58-39-25-27-52-48(31-39)55-33-56(45-21-12-11-20-44(45)55)50-40(35-14-7-5-8-15-35)18-13-19-41(50)36-16-9-6-10-17-36/h5-32H,1-4H3/i5D,6D,7D,8D,9D,10D,14D,15D,16D,17D. The van der Waals surface area contributed by atoms with Crippen molar-refractivity contribution in [1.29, 1.82) is 0 Å². The fourth-order valence-electron chi connectivity index (χ4n) is 7.38. The van der Waals surface area contributed by atoms with Crippen molar-refractivity contribution in [3.8, 4) is 51.1 Å². The Balaban J connectivity index is 1.15. The van der Waals surface area contributed by atoms with Crippen molar-refractivity contribution >= 4 is 32.8 Å². The number of nitrogens with zero attached hydrogens (tertiary/aromatic N) is 6. The van der Waals surface area contributed by atoms with Gasteiger partial charge < -0.3 is 4.74 Å². The summed E-state index contributed by atoms with van der Waals surface area (Å²) in [4.78, 5) is 14.1. The van der Waals surface area contributed by atoms with Crippen molar-refractivity contribution in [1.82, 2.24) is 24.1 Å². The van der Waals surface area contributed by atoms with Crippen molar-refractivity contribution in [3.63, 3.8) is 0 Å². The summed E-state index contributed by atoms with van der Waals surface area (Å²) in [7, 11) is 0. The lowest BCUT2D eigenvalue weighted by Gasteiger charge is -2.20. The molecule has 5 aromatic heterocycles. The van der Waals surface area contributed by atoms with E-state index >= 15 is 0 Å². The lowest BCUT2D eigenvalue weighted by Crippen LogP contribution is -2.31. The third-order valence-corrected chi connectivity index (χ3v) is 10.1. The van der Waals surface area contributed by atoms with E-state index in [-0.39, 0.29) is 33.4 Å². The summed E-state index contributed by atoms with van der Waals surface area (Å²) in [5.41, 5.74) is 4.97. The minimum atomic E-state index is -0.575. The first kappa shape index (κ1) is 25.7. The van der Waals surface area contributed by atoms with Crippen LogP contribution in [0.25, 0.3) is 72.4 Å². The number of ether oxygens (including phenoxy) is 1. The Labute approximate surface area is 351 Å². The molecule has 5 aromatic carbocycles. The minimum absolute atomic E-state index is 0.108. The smallest absolute Gasteiger partial charge is 0.271 e. The molecular formula is C51H40N6O. The lowest BCUT2D eigenvalue weighted by molar-refractivity contribution is -0.571. The highest BCUT2D eigenvalue weighted by molar-refractivity contribution is 6.09. The zero-order valence-corrected chi connectivity index (χ0v) is 32.0. The van der Waals surface area contributed by atoms with Gasteiger partial charge in [-0.15, -0.1) is 0 Å². The van der Waals surface area contributed by atoms with Gasteiger partial charge in [0.25, 0.3) is 6.33 Å². The maximum atomic E-state index is 8.99. The van der Waals surface area contributed by atoms with Crippen LogP contribution in [0.5, 0.6) is 11.5 Å². The van der Waals surface area contributed by atoms with Crippen LogP contribution in [0.2, 0.25) is 0 Å². The first-order valence-electron chi connectivity index (χ1n) is 23.7. The third kappa shape index (κ3) is 6.18. The van der Waals surface area contributed by atoms with Crippen LogP contribution in [0.3, 0.4) is 0 Å². The summed E-state index contributed by atoms with van der Waals surface area (Å²) in [5.74, 6) is 2.13. The van der Waals surface area contributed by atoms with Crippen LogP contribution in [0.1, 0.15) is 45.7 Å². The van der Waals surface area contributed by atoms with Crippen molar-refractivity contribution < 1.29 is 23.0 Å². The molecule has 5 heterocycles. The number of aromatic nitrogens is 6. The number of hydrogen-bond donors (Lipinski definition) is 0. The molecule has 10 rings (SSSR count). The summed E-state index contributed by atoms with van der Waals surface area (Å²) in [6.45, 7) is 8.46. The molecule has 0 atom stereocenters. The van der Waals surface area contributed by atoms with E-state index in [4.69, 9.17) is 28.4 Å². The van der Waals surface area contributed by atoms with Crippen LogP contribution in [-0.2, 0) is 5.41 Å². The van der Waals surface area contributed by atoms with Crippen molar-refractivity contribution in [2.24, 2.45) is 0 Å². The Hall–Kier alpha value is -7.38. The number of benzene rings is 5. The van der Waals surface area contributed by atoms with Gasteiger partial charge in [-0.3, -0.25) is 23.7 Å². The van der Waals surface area contributed by atoms with E-state index in [0.29, 0.717) is 28.4 Å². The molecule has 280 valence electrons. The van der Waals surface area contributed by atoms with Crippen molar-refractivity contribution in [2.45, 2.75) is 33.1 Å². The summed E-state index contributed by atoms with van der Waals surface area (Å²) in [6.07, 6.45) is 8.68. The molecule has 7 heteroatoms. The van der Waals surface area contributed by atoms with Gasteiger partial charge in [-0.05, 0) is 76.6 Å². The summed E-state index contributed by atoms with van der Waals surface area (Å²) in [6, 6.07) is 22.2. The molecular weight excluding hydrogens is 713 g/mol. The number of aryl methyl sites for hydroxylation is 1. The van der Waals surface area contributed by atoms with Gasteiger partial charge in [0.1, 0.15) is 17.3 Å². The van der Waals surface area contributed by atoms with Gasteiger partial charge in [-0.25, -0.2) is 4.98 Å². The average Bonchev–Trinajstić information content (AvgIpc) is 3.87. The highest BCUT2D eigenvalue weighted by Crippen LogP contribution is 2.37. The lowest BCUT2D eigenvalue weighted by atomic mass is 9.88. The molecule has 0 N–H and O–H groups in total. The largest absolute Gasteiger partial charge is 0.458 e. The SMILES string of the molecule is [2H]c1c([2H])c([2H])c(-c2cccc(-c3c([2H])c([2H])c([2H])c([2H])c3[2H])c2-[n+]2[c-]n(-c3cc(Oc4ccc5c6cnc(C)cc6n(-c6cc(C(C)(C)C)ccn6)c5c4)ccn3)c3ccccc32)c([2H])c1[2H]. The Bertz CT molecular complexity index is 3600. The van der Waals surface area contributed by atoms with E-state index in [0.717, 1.165) is 38.9 Å². The normalized spacial score (nSPS) is 14.2. The van der Waals surface area contributed by atoms with E-state index in [1.165, 1.54) is 0 Å². The van der Waals surface area contributed by atoms with Gasteiger partial charge in [-0.1, -0.05) is 124 Å². The molecule has 0 unspecified atom stereocenters. The quantitative estimate of drug-likeness (QED) is 0.120. The molecule has 10 aromatic rings. The van der Waals surface area contributed by atoms with Gasteiger partial charge in [0.2, 0.25) is 0 Å². The number of hydrogen-bond acceptors (Lipinski definition) is 4. The van der Waals surface area contributed by atoms with Gasteiger partial charge in [0.15, 0.2) is 5.82 Å². The van der Waals surface area contributed by atoms with Gasteiger partial charge in [-0.2, -0.15) is 0 Å². The first-order chi connectivity index (χ1) is 32.4. The number of imidazole rings is 1. The number of fused-ring (bicyclic) bond motifs is 4. The van der Waals surface area contributed by atoms with Crippen molar-refractivity contribution in [3.05, 3.63) is 188 Å². The second kappa shape index (κ2) is 14.0. The fourth-order valence-corrected chi connectivity index (χ4v) is 7.38. The first-order valence-corrected chi connectivity index (χ1v) is 18.7. The predicted octanol–water partition coefficient (Wildman–Crippen LogP) is 11.7. The minimum Gasteiger partial charge on any atom is -0.458 e. The molecule has 0 amide bonds. The van der Waals surface area contributed by atoms with Gasteiger partial charge in [0.05, 0.1) is 41.5 Å². The van der Waals surface area contributed by atoms with Crippen LogP contribution in [0.15, 0.2) is 170 Å². The predicted molar refractivity (Wildman–Crippen MR) is 232 cm³/mol. The highest BCUT2D eigenvalue weighted by Gasteiger charge is 2.21. The van der Waals surface area contributed by atoms with E-state index in [2.05, 4.69) is 48.8 Å². The molecule has 0 fully saturated rings. The molecule has 0 spiro atoms. The second-order valence-corrected chi connectivity index (χ2v) is 14.9. The van der Waals surface area contributed by atoms with E-state index in [1.807, 2.05) is 55.7 Å². The van der Waals surface area contributed by atoms with Crippen LogP contribution < -0.4 is 9.30 Å². The zero-order chi connectivity index (χ0) is 48.1. The molecule has 0 bridgehead atoms. The van der Waals surface area contributed by atoms with Gasteiger partial charge >= 0.3 is 0 Å². The topological polar surface area (TPSA) is 61.6 Å². The molecule has 0 radical (unpaired) electrons. The second-order valence-electron chi connectivity index (χ2n) is 14.9. The van der Waals surface area contributed by atoms with E-state index in [1.54, 1.807) is 57.8 Å². The maximum Gasteiger partial charge on any atom is 0.271 e. The molecule has 0 aliphatic rings. The summed E-state index contributed by atoms with van der Waals surface area (Å²) in [5, 5.41) is 1.94. The summed E-state index contributed by atoms with van der Waals surface area (Å²) < 4.78 is 98.7. The zero-order valence-electron chi connectivity index (χ0n) is 42.0. The Kier molecular flexibility index (Phi) is 6.20. The highest BCUT2D eigenvalue weighted by atomic mass is 16.5. The number of rotatable bonds is 7. The maximum absolute atomic E-state index is 8.99. The fraction of sp³-hybridized carbons (Fsp3) is 0.0980.